The van der Waals surface area contributed by atoms with Crippen LogP contribution in [0.2, 0.25) is 0 Å². The van der Waals surface area contributed by atoms with Gasteiger partial charge in [0, 0.05) is 5.56 Å². The fourth-order valence-electron chi connectivity index (χ4n) is 2.46. The lowest BCUT2D eigenvalue weighted by atomic mass is 10.1. The molecule has 26 heavy (non-hydrogen) atoms. The predicted molar refractivity (Wildman–Crippen MR) is 87.8 cm³/mol. The molecule has 6 nitrogen and oxygen atoms in total. The molecule has 1 aliphatic rings. The first-order valence-corrected chi connectivity index (χ1v) is 7.86. The topological polar surface area (TPSA) is 76.7 Å². The van der Waals surface area contributed by atoms with Crippen LogP contribution in [0.3, 0.4) is 0 Å². The Bertz CT molecular complexity index is 857. The van der Waals surface area contributed by atoms with Gasteiger partial charge in [-0.15, -0.1) is 0 Å². The van der Waals surface area contributed by atoms with E-state index in [1.807, 2.05) is 0 Å². The maximum atomic E-state index is 13.2. The highest BCUT2D eigenvalue weighted by molar-refractivity contribution is 5.97. The normalized spacial score (nSPS) is 13.2. The molecule has 1 atom stereocenters. The third-order valence-corrected chi connectivity index (χ3v) is 3.87. The Morgan fingerprint density at radius 1 is 1.08 bits per heavy atom. The minimum atomic E-state index is -0.986. The summed E-state index contributed by atoms with van der Waals surface area (Å²) >= 11 is 0. The minimum absolute atomic E-state index is 0.102. The number of benzene rings is 2. The molecule has 1 heterocycles. The molecule has 136 valence electrons. The number of halogens is 2. The molecule has 0 spiro atoms. The number of carbonyl (C=O) groups is 2. The average molecular weight is 362 g/mol. The molecule has 2 aromatic rings. The maximum Gasteiger partial charge on any atom is 0.251 e. The van der Waals surface area contributed by atoms with Crippen LogP contribution in [0, 0.1) is 11.6 Å². The van der Waals surface area contributed by atoms with Gasteiger partial charge in [0.15, 0.2) is 23.1 Å². The van der Waals surface area contributed by atoms with E-state index in [2.05, 4.69) is 10.6 Å². The number of hydrogen-bond donors (Lipinski definition) is 2. The molecule has 3 rings (SSSR count). The Morgan fingerprint density at radius 2 is 1.85 bits per heavy atom. The molecule has 0 fully saturated rings. The highest BCUT2D eigenvalue weighted by Gasteiger charge is 2.17. The number of ether oxygens (including phenoxy) is 2. The molecule has 0 saturated carbocycles. The molecule has 8 heteroatoms. The van der Waals surface area contributed by atoms with Crippen molar-refractivity contribution in [2.45, 2.75) is 13.0 Å². The van der Waals surface area contributed by atoms with Crippen LogP contribution < -0.4 is 20.1 Å². The van der Waals surface area contributed by atoms with Gasteiger partial charge in [0.25, 0.3) is 5.91 Å². The van der Waals surface area contributed by atoms with Crippen LogP contribution in [0.4, 0.5) is 8.78 Å². The lowest BCUT2D eigenvalue weighted by Gasteiger charge is -2.15. The van der Waals surface area contributed by atoms with Crippen molar-refractivity contribution >= 4 is 11.8 Å². The van der Waals surface area contributed by atoms with E-state index in [9.17, 15) is 18.4 Å². The van der Waals surface area contributed by atoms with Crippen molar-refractivity contribution in [1.82, 2.24) is 10.6 Å². The third-order valence-electron chi connectivity index (χ3n) is 3.87. The molecule has 0 radical (unpaired) electrons. The van der Waals surface area contributed by atoms with E-state index in [0.717, 1.165) is 12.1 Å². The lowest BCUT2D eigenvalue weighted by molar-refractivity contribution is -0.120. The standard InChI is InChI=1S/C18H16F2N2O4/c1-10(11-2-4-13(19)14(20)6-11)22-17(23)8-21-18(24)12-3-5-15-16(7-12)26-9-25-15/h2-7,10H,8-9H2,1H3,(H,21,24)(H,22,23). The number of fused-ring (bicyclic) bond motifs is 1. The van der Waals surface area contributed by atoms with Crippen LogP contribution in [-0.4, -0.2) is 25.2 Å². The van der Waals surface area contributed by atoms with Crippen molar-refractivity contribution in [3.05, 3.63) is 59.2 Å². The van der Waals surface area contributed by atoms with Gasteiger partial charge < -0.3 is 20.1 Å². The van der Waals surface area contributed by atoms with E-state index in [1.54, 1.807) is 19.1 Å². The van der Waals surface area contributed by atoms with Crippen LogP contribution >= 0.6 is 0 Å². The number of carbonyl (C=O) groups excluding carboxylic acids is 2. The fourth-order valence-corrected chi connectivity index (χ4v) is 2.46. The van der Waals surface area contributed by atoms with Gasteiger partial charge in [-0.05, 0) is 42.8 Å². The minimum Gasteiger partial charge on any atom is -0.454 e. The van der Waals surface area contributed by atoms with Gasteiger partial charge >= 0.3 is 0 Å². The molecule has 0 aromatic heterocycles. The first-order valence-electron chi connectivity index (χ1n) is 7.86. The van der Waals surface area contributed by atoms with Crippen molar-refractivity contribution in [3.63, 3.8) is 0 Å². The average Bonchev–Trinajstić information content (AvgIpc) is 3.09. The summed E-state index contributed by atoms with van der Waals surface area (Å²) in [5.74, 6) is -1.83. The zero-order valence-electron chi connectivity index (χ0n) is 13.8. The number of amides is 2. The molecule has 2 amide bonds. The summed E-state index contributed by atoms with van der Waals surface area (Å²) in [5, 5.41) is 5.09. The van der Waals surface area contributed by atoms with Crippen molar-refractivity contribution in [2.75, 3.05) is 13.3 Å². The second-order valence-corrected chi connectivity index (χ2v) is 5.71. The van der Waals surface area contributed by atoms with Crippen molar-refractivity contribution < 1.29 is 27.8 Å². The number of nitrogens with one attached hydrogen (secondary N) is 2. The van der Waals surface area contributed by atoms with E-state index in [4.69, 9.17) is 9.47 Å². The Balaban J connectivity index is 1.53. The van der Waals surface area contributed by atoms with Crippen LogP contribution in [-0.2, 0) is 4.79 Å². The Morgan fingerprint density at radius 3 is 2.62 bits per heavy atom. The Labute approximate surface area is 148 Å². The molecule has 1 unspecified atom stereocenters. The van der Waals surface area contributed by atoms with Gasteiger partial charge in [-0.3, -0.25) is 9.59 Å². The summed E-state index contributed by atoms with van der Waals surface area (Å²) in [6, 6.07) is 7.56. The highest BCUT2D eigenvalue weighted by Crippen LogP contribution is 2.32. The summed E-state index contributed by atoms with van der Waals surface area (Å²) in [4.78, 5) is 24.1. The smallest absolute Gasteiger partial charge is 0.251 e. The SMILES string of the molecule is CC(NC(=O)CNC(=O)c1ccc2c(c1)OCO2)c1ccc(F)c(F)c1. The van der Waals surface area contributed by atoms with Crippen molar-refractivity contribution in [2.24, 2.45) is 0 Å². The van der Waals surface area contributed by atoms with Crippen LogP contribution in [0.25, 0.3) is 0 Å². The van der Waals surface area contributed by atoms with Gasteiger partial charge in [0.05, 0.1) is 12.6 Å². The lowest BCUT2D eigenvalue weighted by Crippen LogP contribution is -2.38. The summed E-state index contributed by atoms with van der Waals surface area (Å²) in [6.07, 6.45) is 0. The van der Waals surface area contributed by atoms with Crippen LogP contribution in [0.5, 0.6) is 11.5 Å². The molecule has 0 aliphatic carbocycles. The maximum absolute atomic E-state index is 13.2. The molecule has 1 aliphatic heterocycles. The van der Waals surface area contributed by atoms with E-state index in [-0.39, 0.29) is 13.3 Å². The van der Waals surface area contributed by atoms with Crippen LogP contribution in [0.1, 0.15) is 28.9 Å². The largest absolute Gasteiger partial charge is 0.454 e. The molecule has 0 bridgehead atoms. The van der Waals surface area contributed by atoms with Gasteiger partial charge in [-0.25, -0.2) is 8.78 Å². The van der Waals surface area contributed by atoms with Crippen molar-refractivity contribution in [3.8, 4) is 11.5 Å². The van der Waals surface area contributed by atoms with Crippen LogP contribution in [0.15, 0.2) is 36.4 Å². The Hall–Kier alpha value is -3.16. The Kier molecular flexibility index (Phi) is 5.01. The van der Waals surface area contributed by atoms with Gasteiger partial charge in [0.2, 0.25) is 12.7 Å². The van der Waals surface area contributed by atoms with E-state index in [1.165, 1.54) is 12.1 Å². The quantitative estimate of drug-likeness (QED) is 0.856. The van der Waals surface area contributed by atoms with E-state index >= 15 is 0 Å². The highest BCUT2D eigenvalue weighted by atomic mass is 19.2. The van der Waals surface area contributed by atoms with Gasteiger partial charge in [-0.1, -0.05) is 6.07 Å². The predicted octanol–water partition coefficient (Wildman–Crippen LogP) is 2.30. The molecule has 2 aromatic carbocycles. The first-order chi connectivity index (χ1) is 12.4. The monoisotopic (exact) mass is 362 g/mol. The zero-order valence-corrected chi connectivity index (χ0v) is 13.8. The number of rotatable bonds is 5. The molecule has 0 saturated heterocycles. The van der Waals surface area contributed by atoms with Gasteiger partial charge in [0.1, 0.15) is 0 Å². The molecule has 2 N–H and O–H groups in total. The second kappa shape index (κ2) is 7.38. The summed E-state index contributed by atoms with van der Waals surface area (Å²) in [5.41, 5.74) is 0.745. The van der Waals surface area contributed by atoms with Gasteiger partial charge in [-0.2, -0.15) is 0 Å². The summed E-state index contributed by atoms with van der Waals surface area (Å²) in [6.45, 7) is 1.47. The summed E-state index contributed by atoms with van der Waals surface area (Å²) in [7, 11) is 0. The van der Waals surface area contributed by atoms with E-state index in [0.29, 0.717) is 22.6 Å². The van der Waals surface area contributed by atoms with Crippen molar-refractivity contribution in [1.29, 1.82) is 0 Å². The number of hydrogen-bond acceptors (Lipinski definition) is 4. The second-order valence-electron chi connectivity index (χ2n) is 5.71. The fraction of sp³-hybridized carbons (Fsp3) is 0.222. The molecular formula is C18H16F2N2O4. The van der Waals surface area contributed by atoms with E-state index < -0.39 is 29.5 Å². The molecular weight excluding hydrogens is 346 g/mol. The first kappa shape index (κ1) is 17.7. The zero-order chi connectivity index (χ0) is 18.7. The summed E-state index contributed by atoms with van der Waals surface area (Å²) < 4.78 is 36.6. The third kappa shape index (κ3) is 3.90.